The number of rotatable bonds is 1. The fraction of sp³-hybridized carbons (Fsp3) is 0.125. The van der Waals surface area contributed by atoms with Gasteiger partial charge in [-0.3, -0.25) is 0 Å². The van der Waals surface area contributed by atoms with E-state index in [2.05, 4.69) is 4.98 Å². The summed E-state index contributed by atoms with van der Waals surface area (Å²) in [6.45, 7) is 0. The molecule has 2 rings (SSSR count). The van der Waals surface area contributed by atoms with Crippen molar-refractivity contribution < 1.29 is 4.74 Å². The molecule has 0 aliphatic rings. The molecule has 0 radical (unpaired) electrons. The average molecular weight is 163 g/mol. The van der Waals surface area contributed by atoms with E-state index in [9.17, 15) is 0 Å². The molecule has 0 saturated carbocycles. The van der Waals surface area contributed by atoms with Gasteiger partial charge in [0.2, 0.25) is 0 Å². The molecule has 0 aliphatic carbocycles. The predicted molar refractivity (Wildman–Crippen MR) is 46.2 cm³/mol. The number of ether oxygens (including phenoxy) is 1. The van der Waals surface area contributed by atoms with Gasteiger partial charge in [0.05, 0.1) is 12.6 Å². The molecule has 0 fully saturated rings. The Kier molecular flexibility index (Phi) is 1.40. The molecule has 0 unspecified atom stereocenters. The van der Waals surface area contributed by atoms with E-state index in [0.717, 1.165) is 5.52 Å². The highest BCUT2D eigenvalue weighted by Gasteiger charge is 2.05. The van der Waals surface area contributed by atoms with Crippen LogP contribution in [0, 0.1) is 0 Å². The molecule has 0 spiro atoms. The predicted octanol–water partition coefficient (Wildman–Crippen LogP) is 0.925. The van der Waals surface area contributed by atoms with Crippen LogP contribution in [0.15, 0.2) is 24.7 Å². The molecule has 2 heterocycles. The van der Waals surface area contributed by atoms with E-state index in [4.69, 9.17) is 10.5 Å². The molecule has 0 atom stereocenters. The summed E-state index contributed by atoms with van der Waals surface area (Å²) in [6, 6.07) is 3.84. The van der Waals surface area contributed by atoms with Crippen molar-refractivity contribution in [3.8, 4) is 5.75 Å². The monoisotopic (exact) mass is 163 g/mol. The highest BCUT2D eigenvalue weighted by Crippen LogP contribution is 2.24. The lowest BCUT2D eigenvalue weighted by Crippen LogP contribution is -1.98. The molecule has 0 aliphatic heterocycles. The third-order valence-corrected chi connectivity index (χ3v) is 1.77. The lowest BCUT2D eigenvalue weighted by atomic mass is 10.4. The van der Waals surface area contributed by atoms with Crippen molar-refractivity contribution in [3.63, 3.8) is 0 Å². The summed E-state index contributed by atoms with van der Waals surface area (Å²) in [5.74, 6) is 1.05. The van der Waals surface area contributed by atoms with E-state index in [1.165, 1.54) is 0 Å². The topological polar surface area (TPSA) is 52.5 Å². The van der Waals surface area contributed by atoms with Crippen molar-refractivity contribution in [3.05, 3.63) is 24.7 Å². The molecule has 12 heavy (non-hydrogen) atoms. The summed E-state index contributed by atoms with van der Waals surface area (Å²) in [5, 5.41) is 0. The van der Waals surface area contributed by atoms with Gasteiger partial charge in [-0.05, 0) is 12.1 Å². The Labute approximate surface area is 69.6 Å². The molecular weight excluding hydrogens is 154 g/mol. The fourth-order valence-electron chi connectivity index (χ4n) is 1.21. The minimum absolute atomic E-state index is 0.420. The number of fused-ring (bicyclic) bond motifs is 1. The first-order valence-corrected chi connectivity index (χ1v) is 3.58. The number of nitrogen functional groups attached to an aromatic ring is 1. The van der Waals surface area contributed by atoms with Crippen LogP contribution in [-0.4, -0.2) is 16.5 Å². The molecule has 0 saturated heterocycles. The van der Waals surface area contributed by atoms with Gasteiger partial charge in [0.25, 0.3) is 0 Å². The van der Waals surface area contributed by atoms with E-state index in [1.54, 1.807) is 13.4 Å². The summed E-state index contributed by atoms with van der Waals surface area (Å²) in [5.41, 5.74) is 6.54. The van der Waals surface area contributed by atoms with Gasteiger partial charge >= 0.3 is 0 Å². The second-order valence-corrected chi connectivity index (χ2v) is 2.46. The Bertz CT molecular complexity index is 408. The first kappa shape index (κ1) is 6.97. The maximum Gasteiger partial charge on any atom is 0.185 e. The SMILES string of the molecule is COc1c(N)ncn2cccc12. The number of hydrogen-bond acceptors (Lipinski definition) is 3. The van der Waals surface area contributed by atoms with Crippen molar-refractivity contribution in [1.29, 1.82) is 0 Å². The van der Waals surface area contributed by atoms with Crippen LogP contribution in [0.2, 0.25) is 0 Å². The van der Waals surface area contributed by atoms with Crippen LogP contribution in [0.4, 0.5) is 5.82 Å². The van der Waals surface area contributed by atoms with E-state index in [-0.39, 0.29) is 0 Å². The zero-order valence-electron chi connectivity index (χ0n) is 6.69. The van der Waals surface area contributed by atoms with Crippen LogP contribution in [0.25, 0.3) is 5.52 Å². The Morgan fingerprint density at radius 1 is 1.58 bits per heavy atom. The van der Waals surface area contributed by atoms with Gasteiger partial charge < -0.3 is 14.9 Å². The van der Waals surface area contributed by atoms with Gasteiger partial charge in [0, 0.05) is 6.20 Å². The Balaban J connectivity index is 2.83. The third-order valence-electron chi connectivity index (χ3n) is 1.77. The van der Waals surface area contributed by atoms with Gasteiger partial charge in [-0.15, -0.1) is 0 Å². The number of nitrogens with two attached hydrogens (primary N) is 1. The fourth-order valence-corrected chi connectivity index (χ4v) is 1.21. The van der Waals surface area contributed by atoms with Crippen LogP contribution >= 0.6 is 0 Å². The lowest BCUT2D eigenvalue weighted by Gasteiger charge is -2.04. The molecule has 4 nitrogen and oxygen atoms in total. The summed E-state index contributed by atoms with van der Waals surface area (Å²) in [4.78, 5) is 3.97. The Morgan fingerprint density at radius 3 is 3.17 bits per heavy atom. The zero-order chi connectivity index (χ0) is 8.55. The van der Waals surface area contributed by atoms with Gasteiger partial charge in [0.15, 0.2) is 11.6 Å². The van der Waals surface area contributed by atoms with Crippen LogP contribution in [-0.2, 0) is 0 Å². The van der Waals surface area contributed by atoms with Crippen LogP contribution in [0.3, 0.4) is 0 Å². The normalized spacial score (nSPS) is 10.4. The minimum Gasteiger partial charge on any atom is -0.491 e. The molecule has 2 aromatic rings. The first-order valence-electron chi connectivity index (χ1n) is 3.58. The number of hydrogen-bond donors (Lipinski definition) is 1. The maximum atomic E-state index is 5.61. The van der Waals surface area contributed by atoms with E-state index in [0.29, 0.717) is 11.6 Å². The van der Waals surface area contributed by atoms with Crippen molar-refractivity contribution in [1.82, 2.24) is 9.38 Å². The number of aromatic nitrogens is 2. The summed E-state index contributed by atoms with van der Waals surface area (Å²) < 4.78 is 6.96. The van der Waals surface area contributed by atoms with Crippen LogP contribution < -0.4 is 10.5 Å². The van der Waals surface area contributed by atoms with Crippen LogP contribution in [0.5, 0.6) is 5.75 Å². The second kappa shape index (κ2) is 2.41. The molecule has 0 bridgehead atoms. The van der Waals surface area contributed by atoms with Gasteiger partial charge in [0.1, 0.15) is 6.33 Å². The van der Waals surface area contributed by atoms with Crippen molar-refractivity contribution >= 4 is 11.3 Å². The maximum absolute atomic E-state index is 5.61. The highest BCUT2D eigenvalue weighted by molar-refractivity contribution is 5.68. The molecule has 0 amide bonds. The van der Waals surface area contributed by atoms with Crippen molar-refractivity contribution in [2.45, 2.75) is 0 Å². The average Bonchev–Trinajstić information content (AvgIpc) is 2.52. The van der Waals surface area contributed by atoms with Crippen LogP contribution in [0.1, 0.15) is 0 Å². The molecule has 0 aromatic carbocycles. The number of anilines is 1. The van der Waals surface area contributed by atoms with E-state index in [1.807, 2.05) is 22.7 Å². The molecule has 2 aromatic heterocycles. The smallest absolute Gasteiger partial charge is 0.185 e. The Hall–Kier alpha value is -1.71. The minimum atomic E-state index is 0.420. The van der Waals surface area contributed by atoms with E-state index < -0.39 is 0 Å². The molecule has 2 N–H and O–H groups in total. The summed E-state index contributed by atoms with van der Waals surface area (Å²) in [6.07, 6.45) is 3.55. The second-order valence-electron chi connectivity index (χ2n) is 2.46. The highest BCUT2D eigenvalue weighted by atomic mass is 16.5. The summed E-state index contributed by atoms with van der Waals surface area (Å²) >= 11 is 0. The number of nitrogens with zero attached hydrogens (tertiary/aromatic N) is 2. The van der Waals surface area contributed by atoms with Crippen molar-refractivity contribution in [2.24, 2.45) is 0 Å². The summed E-state index contributed by atoms with van der Waals surface area (Å²) in [7, 11) is 1.58. The first-order chi connectivity index (χ1) is 5.83. The van der Waals surface area contributed by atoms with E-state index >= 15 is 0 Å². The quantitative estimate of drug-likeness (QED) is 0.680. The molecule has 62 valence electrons. The number of methoxy groups -OCH3 is 1. The third kappa shape index (κ3) is 0.812. The van der Waals surface area contributed by atoms with Gasteiger partial charge in [-0.2, -0.15) is 0 Å². The standard InChI is InChI=1S/C8H9N3O/c1-12-7-6-3-2-4-11(6)5-10-8(7)9/h2-5H,9H2,1H3. The molecular formula is C8H9N3O. The molecule has 4 heteroatoms. The lowest BCUT2D eigenvalue weighted by molar-refractivity contribution is 0.418. The largest absolute Gasteiger partial charge is 0.491 e. The zero-order valence-corrected chi connectivity index (χ0v) is 6.69. The van der Waals surface area contributed by atoms with Crippen molar-refractivity contribution in [2.75, 3.05) is 12.8 Å². The Morgan fingerprint density at radius 2 is 2.42 bits per heavy atom. The van der Waals surface area contributed by atoms with Gasteiger partial charge in [-0.25, -0.2) is 4.98 Å². The van der Waals surface area contributed by atoms with Gasteiger partial charge in [-0.1, -0.05) is 0 Å².